The van der Waals surface area contributed by atoms with Gasteiger partial charge in [-0.1, -0.05) is 0 Å². The van der Waals surface area contributed by atoms with E-state index in [0.29, 0.717) is 13.0 Å². The molecule has 0 aromatic heterocycles. The predicted molar refractivity (Wildman–Crippen MR) is 59.1 cm³/mol. The topological polar surface area (TPSA) is 70.0 Å². The number of hydrogen-bond donors (Lipinski definition) is 2. The molecule has 1 heterocycles. The molecule has 0 aromatic carbocycles. The summed E-state index contributed by atoms with van der Waals surface area (Å²) >= 11 is 0. The second kappa shape index (κ2) is 5.01. The highest BCUT2D eigenvalue weighted by atomic mass is 16.6. The number of aliphatic hydroxyl groups excluding tert-OH is 2. The Morgan fingerprint density at radius 2 is 2.19 bits per heavy atom. The Hall–Kier alpha value is -0.810. The molecule has 1 saturated heterocycles. The van der Waals surface area contributed by atoms with Crippen molar-refractivity contribution in [3.05, 3.63) is 0 Å². The number of carbonyl (C=O) groups excluding carboxylic acids is 1. The summed E-state index contributed by atoms with van der Waals surface area (Å²) in [5.41, 5.74) is -0.533. The molecule has 0 saturated carbocycles. The molecule has 1 fully saturated rings. The molecule has 2 atom stereocenters. The summed E-state index contributed by atoms with van der Waals surface area (Å²) in [6.45, 7) is 5.66. The average molecular weight is 231 g/mol. The molecule has 1 rings (SSSR count). The van der Waals surface area contributed by atoms with E-state index in [1.54, 1.807) is 20.8 Å². The molecule has 1 amide bonds. The van der Waals surface area contributed by atoms with Crippen LogP contribution in [0.15, 0.2) is 0 Å². The van der Waals surface area contributed by atoms with E-state index >= 15 is 0 Å². The molecular weight excluding hydrogens is 210 g/mol. The summed E-state index contributed by atoms with van der Waals surface area (Å²) in [6, 6.07) is -0.320. The van der Waals surface area contributed by atoms with Gasteiger partial charge in [0.15, 0.2) is 0 Å². The van der Waals surface area contributed by atoms with E-state index in [9.17, 15) is 9.90 Å². The van der Waals surface area contributed by atoms with Gasteiger partial charge in [0, 0.05) is 6.54 Å². The normalized spacial score (nSPS) is 23.3. The van der Waals surface area contributed by atoms with Crippen molar-refractivity contribution in [3.63, 3.8) is 0 Å². The van der Waals surface area contributed by atoms with Crippen molar-refractivity contribution in [1.82, 2.24) is 4.90 Å². The van der Waals surface area contributed by atoms with Gasteiger partial charge in [-0.2, -0.15) is 0 Å². The molecule has 1 aliphatic heterocycles. The first-order valence-corrected chi connectivity index (χ1v) is 5.63. The Kier molecular flexibility index (Phi) is 4.15. The minimum atomic E-state index is -0.880. The van der Waals surface area contributed by atoms with Crippen molar-refractivity contribution in [1.29, 1.82) is 0 Å². The van der Waals surface area contributed by atoms with Crippen LogP contribution < -0.4 is 0 Å². The first-order chi connectivity index (χ1) is 7.35. The highest BCUT2D eigenvalue weighted by Gasteiger charge is 2.35. The van der Waals surface area contributed by atoms with E-state index in [2.05, 4.69) is 0 Å². The maximum atomic E-state index is 11.8. The van der Waals surface area contributed by atoms with Crippen molar-refractivity contribution < 1.29 is 19.7 Å². The summed E-state index contributed by atoms with van der Waals surface area (Å²) in [5.74, 6) is 0. The number of hydrogen-bond acceptors (Lipinski definition) is 4. The van der Waals surface area contributed by atoms with Gasteiger partial charge in [0.2, 0.25) is 0 Å². The van der Waals surface area contributed by atoms with E-state index in [0.717, 1.165) is 6.42 Å². The number of likely N-dealkylation sites (tertiary alicyclic amines) is 1. The SMILES string of the molecule is CC(C)(C)OC(=O)N1CCC[C@H]1[C@H](O)CO. The van der Waals surface area contributed by atoms with Gasteiger partial charge in [-0.3, -0.25) is 0 Å². The van der Waals surface area contributed by atoms with Gasteiger partial charge in [0.05, 0.1) is 18.8 Å². The van der Waals surface area contributed by atoms with Crippen LogP contribution >= 0.6 is 0 Å². The lowest BCUT2D eigenvalue weighted by molar-refractivity contribution is -0.00623. The zero-order valence-corrected chi connectivity index (χ0v) is 10.1. The van der Waals surface area contributed by atoms with E-state index in [-0.39, 0.29) is 12.6 Å². The smallest absolute Gasteiger partial charge is 0.410 e. The van der Waals surface area contributed by atoms with Crippen LogP contribution in [0.25, 0.3) is 0 Å². The van der Waals surface area contributed by atoms with E-state index in [1.165, 1.54) is 4.90 Å². The van der Waals surface area contributed by atoms with Gasteiger partial charge in [0.1, 0.15) is 5.60 Å². The third-order valence-corrected chi connectivity index (χ3v) is 2.56. The Balaban J connectivity index is 2.61. The maximum absolute atomic E-state index is 11.8. The van der Waals surface area contributed by atoms with Crippen LogP contribution in [0, 0.1) is 0 Å². The number of amides is 1. The standard InChI is InChI=1S/C11H21NO4/c1-11(2,3)16-10(15)12-6-4-5-8(12)9(14)7-13/h8-9,13-14H,4-7H2,1-3H3/t8-,9+/m0/s1. The highest BCUT2D eigenvalue weighted by Crippen LogP contribution is 2.22. The first-order valence-electron chi connectivity index (χ1n) is 5.63. The summed E-state index contributed by atoms with van der Waals surface area (Å²) in [7, 11) is 0. The first kappa shape index (κ1) is 13.3. The van der Waals surface area contributed by atoms with Gasteiger partial charge < -0.3 is 19.8 Å². The van der Waals surface area contributed by atoms with Crippen molar-refractivity contribution in [2.45, 2.75) is 51.4 Å². The van der Waals surface area contributed by atoms with Gasteiger partial charge in [0.25, 0.3) is 0 Å². The Morgan fingerprint density at radius 1 is 1.56 bits per heavy atom. The number of carbonyl (C=O) groups is 1. The molecule has 2 N–H and O–H groups in total. The van der Waals surface area contributed by atoms with Crippen molar-refractivity contribution in [2.75, 3.05) is 13.2 Å². The molecule has 0 unspecified atom stereocenters. The van der Waals surface area contributed by atoms with Crippen LogP contribution in [0.2, 0.25) is 0 Å². The summed E-state index contributed by atoms with van der Waals surface area (Å²) in [6.07, 6.45) is 0.250. The third kappa shape index (κ3) is 3.35. The lowest BCUT2D eigenvalue weighted by Crippen LogP contribution is -2.46. The van der Waals surface area contributed by atoms with Crippen LogP contribution in [0.3, 0.4) is 0 Å². The van der Waals surface area contributed by atoms with Crippen molar-refractivity contribution in [3.8, 4) is 0 Å². The van der Waals surface area contributed by atoms with E-state index < -0.39 is 17.8 Å². The fraction of sp³-hybridized carbons (Fsp3) is 0.909. The Labute approximate surface area is 96.0 Å². The largest absolute Gasteiger partial charge is 0.444 e. The monoisotopic (exact) mass is 231 g/mol. The van der Waals surface area contributed by atoms with Gasteiger partial charge in [-0.25, -0.2) is 4.79 Å². The lowest BCUT2D eigenvalue weighted by atomic mass is 10.1. The van der Waals surface area contributed by atoms with Gasteiger partial charge in [-0.05, 0) is 33.6 Å². The van der Waals surface area contributed by atoms with Crippen LogP contribution in [-0.4, -0.2) is 52.1 Å². The molecule has 5 nitrogen and oxygen atoms in total. The zero-order valence-electron chi connectivity index (χ0n) is 10.1. The minimum Gasteiger partial charge on any atom is -0.444 e. The fourth-order valence-corrected chi connectivity index (χ4v) is 1.86. The summed E-state index contributed by atoms with van der Waals surface area (Å²) in [5, 5.41) is 18.5. The maximum Gasteiger partial charge on any atom is 0.410 e. The molecule has 0 aromatic rings. The quantitative estimate of drug-likeness (QED) is 0.735. The number of aliphatic hydroxyl groups is 2. The minimum absolute atomic E-state index is 0.320. The molecule has 16 heavy (non-hydrogen) atoms. The molecule has 1 aliphatic rings. The molecule has 0 spiro atoms. The second-order valence-corrected chi connectivity index (χ2v) is 5.13. The highest BCUT2D eigenvalue weighted by molar-refractivity contribution is 5.69. The third-order valence-electron chi connectivity index (χ3n) is 2.56. The fourth-order valence-electron chi connectivity index (χ4n) is 1.86. The summed E-state index contributed by atoms with van der Waals surface area (Å²) in [4.78, 5) is 13.3. The number of nitrogens with zero attached hydrogens (tertiary/aromatic N) is 1. The molecular formula is C11H21NO4. The average Bonchev–Trinajstić information content (AvgIpc) is 2.62. The van der Waals surface area contributed by atoms with E-state index in [1.807, 2.05) is 0 Å². The van der Waals surface area contributed by atoms with E-state index in [4.69, 9.17) is 9.84 Å². The molecule has 5 heteroatoms. The predicted octanol–water partition coefficient (Wildman–Crippen LogP) is 0.739. The van der Waals surface area contributed by atoms with Gasteiger partial charge >= 0.3 is 6.09 Å². The summed E-state index contributed by atoms with van der Waals surface area (Å²) < 4.78 is 5.24. The zero-order chi connectivity index (χ0) is 12.3. The lowest BCUT2D eigenvalue weighted by Gasteiger charge is -2.30. The van der Waals surface area contributed by atoms with Gasteiger partial charge in [-0.15, -0.1) is 0 Å². The Morgan fingerprint density at radius 3 is 2.69 bits per heavy atom. The number of rotatable bonds is 2. The second-order valence-electron chi connectivity index (χ2n) is 5.13. The van der Waals surface area contributed by atoms with Crippen LogP contribution in [0.4, 0.5) is 4.79 Å². The van der Waals surface area contributed by atoms with Crippen LogP contribution in [-0.2, 0) is 4.74 Å². The van der Waals surface area contributed by atoms with Crippen molar-refractivity contribution in [2.24, 2.45) is 0 Å². The molecule has 94 valence electrons. The molecule has 0 radical (unpaired) electrons. The molecule has 0 aliphatic carbocycles. The van der Waals surface area contributed by atoms with Crippen molar-refractivity contribution >= 4 is 6.09 Å². The number of ether oxygens (including phenoxy) is 1. The molecule has 0 bridgehead atoms. The van der Waals surface area contributed by atoms with Crippen LogP contribution in [0.1, 0.15) is 33.6 Å². The Bertz CT molecular complexity index is 249. The van der Waals surface area contributed by atoms with Crippen LogP contribution in [0.5, 0.6) is 0 Å².